The van der Waals surface area contributed by atoms with Gasteiger partial charge in [0.05, 0.1) is 46.3 Å². The lowest BCUT2D eigenvalue weighted by Gasteiger charge is -2.57. The van der Waals surface area contributed by atoms with Crippen molar-refractivity contribution in [2.24, 2.45) is 5.41 Å². The summed E-state index contributed by atoms with van der Waals surface area (Å²) in [4.78, 5) is 66.9. The zero-order chi connectivity index (χ0) is 44.7. The number of imide groups is 1. The molecule has 3 N–H and O–H groups in total. The zero-order valence-electron chi connectivity index (χ0n) is 35.1. The fraction of sp³-hybridized carbons (Fsp3) is 0.400. The van der Waals surface area contributed by atoms with E-state index in [0.29, 0.717) is 55.1 Å². The molecule has 2 atom stereocenters. The minimum absolute atomic E-state index is 0.0649. The maximum absolute atomic E-state index is 16.0. The number of carbonyl (C=O) groups excluding carboxylic acids is 4. The average Bonchev–Trinajstić information content (AvgIpc) is 3.91. The Morgan fingerprint density at radius 1 is 0.953 bits per heavy atom. The molecule has 1 aliphatic carbocycles. The molecule has 1 spiro atoms. The topological polar surface area (TPSA) is 160 Å². The number of anilines is 4. The van der Waals surface area contributed by atoms with Crippen LogP contribution in [0.15, 0.2) is 60.9 Å². The Morgan fingerprint density at radius 2 is 1.77 bits per heavy atom. The van der Waals surface area contributed by atoms with Crippen molar-refractivity contribution in [1.29, 1.82) is 0 Å². The number of hydrogen-bond donors (Lipinski definition) is 3. The van der Waals surface area contributed by atoms with E-state index in [4.69, 9.17) is 21.7 Å². The molecule has 7 heterocycles. The van der Waals surface area contributed by atoms with Gasteiger partial charge in [-0.3, -0.25) is 34.5 Å². The molecule has 64 heavy (non-hydrogen) atoms. The van der Waals surface area contributed by atoms with Crippen molar-refractivity contribution >= 4 is 63.9 Å². The molecule has 5 aromatic rings. The largest absolute Gasteiger partial charge is 0.385 e. The molecule has 332 valence electrons. The fourth-order valence-corrected chi connectivity index (χ4v) is 9.90. The second kappa shape index (κ2) is 15.8. The van der Waals surface area contributed by atoms with Crippen LogP contribution in [0.5, 0.6) is 0 Å². The van der Waals surface area contributed by atoms with Crippen LogP contribution in [0.2, 0.25) is 5.02 Å². The van der Waals surface area contributed by atoms with E-state index in [2.05, 4.69) is 25.8 Å². The molecule has 2 aromatic carbocycles. The summed E-state index contributed by atoms with van der Waals surface area (Å²) in [6, 6.07) is 13.6. The molecule has 10 rings (SSSR count). The number of likely N-dealkylation sites (tertiary alicyclic amines) is 2. The summed E-state index contributed by atoms with van der Waals surface area (Å²) < 4.78 is 47.6. The van der Waals surface area contributed by atoms with E-state index >= 15 is 8.78 Å². The molecular weight excluding hydrogens is 851 g/mol. The van der Waals surface area contributed by atoms with Gasteiger partial charge in [0.2, 0.25) is 5.91 Å². The number of piperidine rings is 1. The Morgan fingerprint density at radius 3 is 2.47 bits per heavy atom. The van der Waals surface area contributed by atoms with Crippen LogP contribution in [0, 0.1) is 12.3 Å². The third-order valence-corrected chi connectivity index (χ3v) is 14.0. The van der Waals surface area contributed by atoms with Crippen LogP contribution in [0.4, 0.5) is 40.8 Å². The van der Waals surface area contributed by atoms with E-state index in [1.54, 1.807) is 20.2 Å². The smallest absolute Gasteiger partial charge is 0.328 e. The number of rotatable bonds is 9. The highest BCUT2D eigenvalue weighted by molar-refractivity contribution is 6.35. The van der Waals surface area contributed by atoms with Gasteiger partial charge in [0.15, 0.2) is 17.2 Å². The predicted molar refractivity (Wildman–Crippen MR) is 233 cm³/mol. The number of hydrogen-bond acceptors (Lipinski definition) is 10. The molecule has 1 unspecified atom stereocenters. The first-order valence-electron chi connectivity index (χ1n) is 21.4. The summed E-state index contributed by atoms with van der Waals surface area (Å²) in [6.45, 7) is 2.61. The molecule has 0 bridgehead atoms. The third-order valence-electron chi connectivity index (χ3n) is 13.5. The third kappa shape index (κ3) is 7.06. The molecule has 1 saturated carbocycles. The maximum Gasteiger partial charge on any atom is 0.328 e. The standard InChI is InChI=1S/C45H45ClF3N11O4/c1-25-16-27(17-35(39(25)46)59-14-11-38(61)54-43(59)64)42(63)57-15-12-44(45(48,49)24-57)22-56(23-44)21-26-6-8-31(51-19-26)28-4-3-5-34-29(28)10-13-58(34)37-18-33(50-2)40-52-20-36(60(40)55-37)41(62)53-32-9-7-30(32)47/h3-6,8,16-20,30,32,50H,7,9-15,21-24H2,1-2H3,(H,53,62)(H,54,61,64)/t30-,32?/m1/s1. The van der Waals surface area contributed by atoms with Gasteiger partial charge in [-0.05, 0) is 73.6 Å². The van der Waals surface area contributed by atoms with Crippen LogP contribution in [0.25, 0.3) is 16.9 Å². The van der Waals surface area contributed by atoms with Gasteiger partial charge >= 0.3 is 6.03 Å². The van der Waals surface area contributed by atoms with Crippen LogP contribution in [-0.4, -0.2) is 118 Å². The second-order valence-electron chi connectivity index (χ2n) is 17.5. The number of benzene rings is 2. The molecule has 3 aromatic heterocycles. The van der Waals surface area contributed by atoms with E-state index in [-0.39, 0.29) is 61.0 Å². The molecule has 3 saturated heterocycles. The lowest BCUT2D eigenvalue weighted by Crippen LogP contribution is -2.70. The van der Waals surface area contributed by atoms with Gasteiger partial charge in [-0.1, -0.05) is 29.8 Å². The van der Waals surface area contributed by atoms with Crippen molar-refractivity contribution in [1.82, 2.24) is 40.0 Å². The molecule has 4 aliphatic heterocycles. The first-order valence-corrected chi connectivity index (χ1v) is 21.8. The van der Waals surface area contributed by atoms with E-state index < -0.39 is 53.8 Å². The maximum atomic E-state index is 16.0. The first-order chi connectivity index (χ1) is 30.7. The molecule has 4 fully saturated rings. The van der Waals surface area contributed by atoms with Crippen LogP contribution >= 0.6 is 11.6 Å². The summed E-state index contributed by atoms with van der Waals surface area (Å²) in [7, 11) is 1.78. The van der Waals surface area contributed by atoms with Gasteiger partial charge < -0.3 is 20.4 Å². The molecule has 5 amide bonds. The number of urea groups is 1. The monoisotopic (exact) mass is 895 g/mol. The zero-order valence-corrected chi connectivity index (χ0v) is 35.9. The van der Waals surface area contributed by atoms with Gasteiger partial charge in [-0.25, -0.2) is 27.5 Å². The lowest BCUT2D eigenvalue weighted by atomic mass is 9.69. The normalized spacial score (nSPS) is 21.4. The average molecular weight is 896 g/mol. The second-order valence-corrected chi connectivity index (χ2v) is 17.8. The number of nitrogens with one attached hydrogen (secondary N) is 3. The molecule has 0 radical (unpaired) electrons. The van der Waals surface area contributed by atoms with Gasteiger partial charge in [-0.2, -0.15) is 0 Å². The highest BCUT2D eigenvalue weighted by Gasteiger charge is 2.62. The van der Waals surface area contributed by atoms with Gasteiger partial charge in [-0.15, -0.1) is 5.10 Å². The van der Waals surface area contributed by atoms with Gasteiger partial charge in [0.25, 0.3) is 17.7 Å². The number of nitrogens with zero attached hydrogens (tertiary/aromatic N) is 8. The van der Waals surface area contributed by atoms with Crippen molar-refractivity contribution in [3.8, 4) is 11.3 Å². The Balaban J connectivity index is 0.793. The fourth-order valence-electron chi connectivity index (χ4n) is 9.69. The molecule has 15 nitrogen and oxygen atoms in total. The SMILES string of the molecule is CNc1cc(N2CCc3c(-c4ccc(CN5CC6(CCN(C(=O)c7cc(C)c(Cl)c(N8CCC(=O)NC8=O)c7)CC6(F)F)C5)cn4)cccc32)nn2c(C(=O)NC3CC[C@H]3F)cnc12. The van der Waals surface area contributed by atoms with Crippen LogP contribution in [0.3, 0.4) is 0 Å². The van der Waals surface area contributed by atoms with Crippen LogP contribution < -0.4 is 25.8 Å². The Labute approximate surface area is 370 Å². The lowest BCUT2D eigenvalue weighted by molar-refractivity contribution is -0.220. The number of pyridine rings is 1. The number of halogens is 4. The van der Waals surface area contributed by atoms with Gasteiger partial charge in [0, 0.05) is 81.8 Å². The minimum Gasteiger partial charge on any atom is -0.385 e. The van der Waals surface area contributed by atoms with Crippen molar-refractivity contribution in [3.05, 3.63) is 93.9 Å². The minimum atomic E-state index is -3.14. The van der Waals surface area contributed by atoms with E-state index in [0.717, 1.165) is 28.1 Å². The Kier molecular flexibility index (Phi) is 10.3. The number of imidazole rings is 1. The molecule has 5 aliphatic rings. The summed E-state index contributed by atoms with van der Waals surface area (Å²) in [5.41, 5.74) is 5.69. The van der Waals surface area contributed by atoms with Gasteiger partial charge in [0.1, 0.15) is 6.17 Å². The number of aryl methyl sites for hydroxylation is 1. The molecule has 19 heteroatoms. The van der Waals surface area contributed by atoms with Crippen molar-refractivity contribution < 1.29 is 32.3 Å². The number of aromatic nitrogens is 4. The summed E-state index contributed by atoms with van der Waals surface area (Å²) in [5, 5.41) is 13.3. The van der Waals surface area contributed by atoms with Crippen LogP contribution in [-0.2, 0) is 17.8 Å². The van der Waals surface area contributed by atoms with Crippen LogP contribution in [0.1, 0.15) is 63.2 Å². The first kappa shape index (κ1) is 41.7. The predicted octanol–water partition coefficient (Wildman–Crippen LogP) is 6.15. The number of carbonyl (C=O) groups is 4. The summed E-state index contributed by atoms with van der Waals surface area (Å²) in [5.74, 6) is -3.94. The number of amides is 5. The van der Waals surface area contributed by atoms with Crippen molar-refractivity contribution in [2.75, 3.05) is 61.4 Å². The van der Waals surface area contributed by atoms with Crippen molar-refractivity contribution in [3.63, 3.8) is 0 Å². The highest BCUT2D eigenvalue weighted by atomic mass is 35.5. The van der Waals surface area contributed by atoms with E-state index in [9.17, 15) is 23.6 Å². The summed E-state index contributed by atoms with van der Waals surface area (Å²) in [6.07, 6.45) is 4.12. The quantitative estimate of drug-likeness (QED) is 0.157. The highest BCUT2D eigenvalue weighted by Crippen LogP contribution is 2.51. The van der Waals surface area contributed by atoms with E-state index in [1.807, 2.05) is 41.3 Å². The Hall–Kier alpha value is -6.27. The Bertz CT molecular complexity index is 2740. The molecular formula is C45H45ClF3N11O4. The number of alkyl halides is 3. The van der Waals surface area contributed by atoms with Crippen molar-refractivity contribution in [2.45, 2.75) is 63.7 Å². The number of fused-ring (bicyclic) bond motifs is 2. The van der Waals surface area contributed by atoms with E-state index in [1.165, 1.54) is 32.6 Å². The summed E-state index contributed by atoms with van der Waals surface area (Å²) >= 11 is 6.51.